The van der Waals surface area contributed by atoms with E-state index in [2.05, 4.69) is 24.1 Å². The largest absolute Gasteiger partial charge is 0.496 e. The first-order chi connectivity index (χ1) is 10.8. The summed E-state index contributed by atoms with van der Waals surface area (Å²) in [6, 6.07) is 3.09. The molecule has 0 spiro atoms. The average molecular weight is 415 g/mol. The number of benzene rings is 1. The first-order valence-electron chi connectivity index (χ1n) is 7.59. The van der Waals surface area contributed by atoms with Crippen LogP contribution in [0.25, 0.3) is 0 Å². The number of methoxy groups -OCH3 is 1. The maximum absolute atomic E-state index is 12.5. The minimum atomic E-state index is -0.231. The van der Waals surface area contributed by atoms with Crippen LogP contribution >= 0.6 is 36.4 Å². The third kappa shape index (κ3) is 6.08. The fourth-order valence-corrected chi connectivity index (χ4v) is 2.75. The van der Waals surface area contributed by atoms with Gasteiger partial charge in [-0.2, -0.15) is 0 Å². The molecule has 0 radical (unpaired) electrons. The number of nitrogens with one attached hydrogen (secondary N) is 1. The molecule has 0 atom stereocenters. The van der Waals surface area contributed by atoms with E-state index in [1.54, 1.807) is 6.07 Å². The quantitative estimate of drug-likeness (QED) is 0.724. The minimum absolute atomic E-state index is 0. The minimum Gasteiger partial charge on any atom is -0.496 e. The normalized spacial score (nSPS) is 14.9. The van der Waals surface area contributed by atoms with E-state index in [0.717, 1.165) is 26.3 Å². The second kappa shape index (κ2) is 10.3. The van der Waals surface area contributed by atoms with Gasteiger partial charge < -0.3 is 20.5 Å². The van der Waals surface area contributed by atoms with Gasteiger partial charge in [0.15, 0.2) is 0 Å². The summed E-state index contributed by atoms with van der Waals surface area (Å²) in [5.74, 6) is 0.179. The van der Waals surface area contributed by atoms with Gasteiger partial charge in [0, 0.05) is 31.2 Å². The number of morpholine rings is 1. The van der Waals surface area contributed by atoms with Crippen molar-refractivity contribution in [3.8, 4) is 5.75 Å². The number of carbonyl (C=O) groups excluding carboxylic acids is 1. The van der Waals surface area contributed by atoms with Gasteiger partial charge in [-0.15, -0.1) is 24.8 Å². The summed E-state index contributed by atoms with van der Waals surface area (Å²) in [5.41, 5.74) is 6.34. The van der Waals surface area contributed by atoms with Crippen LogP contribution in [-0.4, -0.2) is 56.3 Å². The monoisotopic (exact) mass is 413 g/mol. The van der Waals surface area contributed by atoms with E-state index >= 15 is 0 Å². The molecule has 1 amide bonds. The Balaban J connectivity index is 0.00000288. The molecule has 1 saturated heterocycles. The molecule has 0 aliphatic carbocycles. The molecule has 144 valence electrons. The lowest BCUT2D eigenvalue weighted by Gasteiger charge is -2.40. The predicted molar refractivity (Wildman–Crippen MR) is 106 cm³/mol. The SMILES string of the molecule is COc1cc(N)c(Cl)cc1C(=O)NCC(C)(C)N1CCOCC1.Cl.Cl. The smallest absolute Gasteiger partial charge is 0.255 e. The highest BCUT2D eigenvalue weighted by molar-refractivity contribution is 6.33. The highest BCUT2D eigenvalue weighted by atomic mass is 35.5. The Hall–Kier alpha value is -0.920. The lowest BCUT2D eigenvalue weighted by Crippen LogP contribution is -2.55. The molecular weight excluding hydrogens is 389 g/mol. The second-order valence-electron chi connectivity index (χ2n) is 6.17. The molecule has 3 N–H and O–H groups in total. The summed E-state index contributed by atoms with van der Waals surface area (Å²) in [7, 11) is 1.50. The Morgan fingerprint density at radius 3 is 2.52 bits per heavy atom. The summed E-state index contributed by atoms with van der Waals surface area (Å²) in [4.78, 5) is 14.8. The number of halogens is 3. The number of amides is 1. The van der Waals surface area contributed by atoms with Crippen molar-refractivity contribution >= 4 is 48.0 Å². The van der Waals surface area contributed by atoms with E-state index in [9.17, 15) is 4.79 Å². The number of anilines is 1. The molecule has 2 rings (SSSR count). The highest BCUT2D eigenvalue weighted by Gasteiger charge is 2.29. The van der Waals surface area contributed by atoms with E-state index in [-0.39, 0.29) is 36.3 Å². The number of hydrogen-bond donors (Lipinski definition) is 2. The van der Waals surface area contributed by atoms with Crippen LogP contribution in [0.2, 0.25) is 5.02 Å². The molecule has 25 heavy (non-hydrogen) atoms. The molecule has 0 aromatic heterocycles. The zero-order valence-electron chi connectivity index (χ0n) is 14.6. The lowest BCUT2D eigenvalue weighted by molar-refractivity contribution is -0.00923. The molecular formula is C16H26Cl3N3O3. The van der Waals surface area contributed by atoms with Crippen molar-refractivity contribution in [1.82, 2.24) is 10.2 Å². The zero-order valence-corrected chi connectivity index (χ0v) is 17.0. The van der Waals surface area contributed by atoms with Crippen LogP contribution in [0, 0.1) is 0 Å². The number of ether oxygens (including phenoxy) is 2. The molecule has 1 aliphatic rings. The number of nitrogens with zero attached hydrogens (tertiary/aromatic N) is 1. The molecule has 6 nitrogen and oxygen atoms in total. The van der Waals surface area contributed by atoms with E-state index in [1.807, 2.05) is 0 Å². The van der Waals surface area contributed by atoms with E-state index in [4.69, 9.17) is 26.8 Å². The van der Waals surface area contributed by atoms with Crippen molar-refractivity contribution in [3.63, 3.8) is 0 Å². The van der Waals surface area contributed by atoms with Crippen LogP contribution in [0.5, 0.6) is 5.75 Å². The summed E-state index contributed by atoms with van der Waals surface area (Å²) in [5, 5.41) is 3.29. The van der Waals surface area contributed by atoms with Crippen molar-refractivity contribution < 1.29 is 14.3 Å². The number of carbonyl (C=O) groups is 1. The van der Waals surface area contributed by atoms with Gasteiger partial charge in [0.25, 0.3) is 5.91 Å². The van der Waals surface area contributed by atoms with Gasteiger partial charge in [0.2, 0.25) is 0 Å². The number of nitrogens with two attached hydrogens (primary N) is 1. The molecule has 0 bridgehead atoms. The van der Waals surface area contributed by atoms with Crippen LogP contribution in [0.4, 0.5) is 5.69 Å². The maximum atomic E-state index is 12.5. The van der Waals surface area contributed by atoms with E-state index in [0.29, 0.717) is 28.6 Å². The summed E-state index contributed by atoms with van der Waals surface area (Å²) in [6.45, 7) is 7.88. The van der Waals surface area contributed by atoms with Gasteiger partial charge >= 0.3 is 0 Å². The van der Waals surface area contributed by atoms with Crippen molar-refractivity contribution in [2.24, 2.45) is 0 Å². The standard InChI is InChI=1S/C16H24ClN3O3.2ClH/c1-16(2,20-4-6-23-7-5-20)10-19-15(21)11-8-12(17)13(18)9-14(11)22-3;;/h8-9H,4-7,10,18H2,1-3H3,(H,19,21);2*1H. The van der Waals surface area contributed by atoms with Crippen LogP contribution in [-0.2, 0) is 4.74 Å². The van der Waals surface area contributed by atoms with Crippen LogP contribution < -0.4 is 15.8 Å². The van der Waals surface area contributed by atoms with Crippen molar-refractivity contribution in [3.05, 3.63) is 22.7 Å². The molecule has 1 aliphatic heterocycles. The Kier molecular flexibility index (Phi) is 9.90. The lowest BCUT2D eigenvalue weighted by atomic mass is 10.0. The number of hydrogen-bond acceptors (Lipinski definition) is 5. The van der Waals surface area contributed by atoms with Crippen LogP contribution in [0.1, 0.15) is 24.2 Å². The van der Waals surface area contributed by atoms with E-state index < -0.39 is 0 Å². The second-order valence-corrected chi connectivity index (χ2v) is 6.58. The molecule has 1 heterocycles. The molecule has 1 aromatic carbocycles. The first kappa shape index (κ1) is 24.1. The van der Waals surface area contributed by atoms with Crippen molar-refractivity contribution in [1.29, 1.82) is 0 Å². The third-order valence-corrected chi connectivity index (χ3v) is 4.44. The zero-order chi connectivity index (χ0) is 17.0. The maximum Gasteiger partial charge on any atom is 0.255 e. The molecule has 0 saturated carbocycles. The first-order valence-corrected chi connectivity index (χ1v) is 7.97. The fraction of sp³-hybridized carbons (Fsp3) is 0.562. The van der Waals surface area contributed by atoms with Gasteiger partial charge in [-0.05, 0) is 19.9 Å². The van der Waals surface area contributed by atoms with Gasteiger partial charge in [0.05, 0.1) is 36.6 Å². The van der Waals surface area contributed by atoms with Gasteiger partial charge in [0.1, 0.15) is 5.75 Å². The van der Waals surface area contributed by atoms with Gasteiger partial charge in [-0.3, -0.25) is 9.69 Å². The van der Waals surface area contributed by atoms with Crippen LogP contribution in [0.3, 0.4) is 0 Å². The molecule has 1 fully saturated rings. The van der Waals surface area contributed by atoms with E-state index in [1.165, 1.54) is 13.2 Å². The Labute approximate surface area is 166 Å². The van der Waals surface area contributed by atoms with Crippen molar-refractivity contribution in [2.45, 2.75) is 19.4 Å². The predicted octanol–water partition coefficient (Wildman–Crippen LogP) is 2.62. The molecule has 1 aromatic rings. The summed E-state index contributed by atoms with van der Waals surface area (Å²) in [6.07, 6.45) is 0. The fourth-order valence-electron chi connectivity index (χ4n) is 2.59. The van der Waals surface area contributed by atoms with Crippen LogP contribution in [0.15, 0.2) is 12.1 Å². The molecule has 0 unspecified atom stereocenters. The van der Waals surface area contributed by atoms with Crippen molar-refractivity contribution in [2.75, 3.05) is 45.7 Å². The summed E-state index contributed by atoms with van der Waals surface area (Å²) < 4.78 is 10.6. The third-order valence-electron chi connectivity index (χ3n) is 4.11. The summed E-state index contributed by atoms with van der Waals surface area (Å²) >= 11 is 6.02. The Morgan fingerprint density at radius 2 is 1.96 bits per heavy atom. The Bertz CT molecular complexity index is 579. The number of rotatable bonds is 5. The van der Waals surface area contributed by atoms with Gasteiger partial charge in [-0.25, -0.2) is 0 Å². The number of nitrogen functional groups attached to an aromatic ring is 1. The highest BCUT2D eigenvalue weighted by Crippen LogP contribution is 2.28. The topological polar surface area (TPSA) is 76.8 Å². The molecule has 9 heteroatoms. The average Bonchev–Trinajstić information content (AvgIpc) is 2.55. The Morgan fingerprint density at radius 1 is 1.36 bits per heavy atom. The van der Waals surface area contributed by atoms with Gasteiger partial charge in [-0.1, -0.05) is 11.6 Å².